The maximum absolute atomic E-state index is 12.5. The van der Waals surface area contributed by atoms with E-state index < -0.39 is 70.2 Å². The highest BCUT2D eigenvalue weighted by atomic mass is 16.7. The van der Waals surface area contributed by atoms with Crippen molar-refractivity contribution in [3.05, 3.63) is 23.8 Å². The van der Waals surface area contributed by atoms with Crippen LogP contribution in [0.5, 0.6) is 0 Å². The molecule has 0 radical (unpaired) electrons. The van der Waals surface area contributed by atoms with Crippen molar-refractivity contribution in [2.24, 2.45) is 22.7 Å². The number of hydrogen-bond acceptors (Lipinski definition) is 9. The molecule has 9 nitrogen and oxygen atoms in total. The molecule has 2 aliphatic heterocycles. The van der Waals surface area contributed by atoms with E-state index in [9.17, 15) is 35.1 Å². The van der Waals surface area contributed by atoms with Gasteiger partial charge in [-0.3, -0.25) is 4.79 Å². The predicted octanol–water partition coefficient (Wildman–Crippen LogP) is -1.83. The van der Waals surface area contributed by atoms with Crippen molar-refractivity contribution in [1.82, 2.24) is 0 Å². The van der Waals surface area contributed by atoms with Crippen molar-refractivity contribution in [2.75, 3.05) is 6.61 Å². The zero-order valence-electron chi connectivity index (χ0n) is 16.0. The van der Waals surface area contributed by atoms with E-state index in [2.05, 4.69) is 6.58 Å². The second-order valence-electron chi connectivity index (χ2n) is 9.38. The molecule has 0 unspecified atom stereocenters. The van der Waals surface area contributed by atoms with Gasteiger partial charge in [-0.1, -0.05) is 19.1 Å². The molecule has 2 saturated heterocycles. The molecule has 2 saturated carbocycles. The first-order chi connectivity index (χ1) is 13.4. The van der Waals surface area contributed by atoms with Gasteiger partial charge in [0, 0.05) is 11.3 Å². The quantitative estimate of drug-likeness (QED) is 0.230. The molecular formula is C20H24O9. The Morgan fingerprint density at radius 2 is 1.79 bits per heavy atom. The number of carbonyl (C=O) groups excluding carboxylic acids is 2. The number of esters is 1. The largest absolute Gasteiger partial charge is 0.460 e. The van der Waals surface area contributed by atoms with Crippen LogP contribution in [0.25, 0.3) is 0 Å². The first-order valence-electron chi connectivity index (χ1n) is 9.63. The van der Waals surface area contributed by atoms with E-state index in [1.807, 2.05) is 0 Å². The number of ketones is 1. The van der Waals surface area contributed by atoms with Crippen LogP contribution >= 0.6 is 0 Å². The van der Waals surface area contributed by atoms with Gasteiger partial charge in [0.1, 0.15) is 23.9 Å². The third-order valence-electron chi connectivity index (χ3n) is 8.44. The molecule has 0 aromatic carbocycles. The number of rotatable bonds is 0. The van der Waals surface area contributed by atoms with Gasteiger partial charge in [0.2, 0.25) is 5.79 Å². The zero-order chi connectivity index (χ0) is 21.3. The van der Waals surface area contributed by atoms with Crippen LogP contribution in [0.2, 0.25) is 0 Å². The van der Waals surface area contributed by atoms with Crippen LogP contribution in [-0.2, 0) is 19.1 Å². The van der Waals surface area contributed by atoms with Gasteiger partial charge in [-0.05, 0) is 30.9 Å². The Morgan fingerprint density at radius 3 is 2.45 bits per heavy atom. The number of carbonyl (C=O) groups is 2. The summed E-state index contributed by atoms with van der Waals surface area (Å²) in [6.45, 7) is 6.62. The highest BCUT2D eigenvalue weighted by Crippen LogP contribution is 2.74. The average molecular weight is 408 g/mol. The van der Waals surface area contributed by atoms with E-state index in [4.69, 9.17) is 9.47 Å². The number of allylic oxidation sites excluding steroid dienone is 1. The van der Waals surface area contributed by atoms with Crippen LogP contribution in [0.3, 0.4) is 0 Å². The minimum atomic E-state index is -2.37. The summed E-state index contributed by atoms with van der Waals surface area (Å²) in [5.41, 5.74) is -5.06. The summed E-state index contributed by atoms with van der Waals surface area (Å²) in [6.07, 6.45) is -5.01. The third kappa shape index (κ3) is 1.69. The minimum absolute atomic E-state index is 0.142. The van der Waals surface area contributed by atoms with Gasteiger partial charge in [0.05, 0.1) is 12.0 Å². The number of aliphatic hydroxyl groups is 5. The number of ether oxygens (including phenoxy) is 2. The Balaban J connectivity index is 1.85. The van der Waals surface area contributed by atoms with E-state index >= 15 is 0 Å². The molecule has 5 aliphatic rings. The predicted molar refractivity (Wildman–Crippen MR) is 93.8 cm³/mol. The molecule has 0 aromatic heterocycles. The van der Waals surface area contributed by atoms with Crippen molar-refractivity contribution in [2.45, 2.75) is 56.1 Å². The SMILES string of the molecule is C=C1[C@H](O)[C@@]2(O)OC[C@]34[C@H](C[C@@H]5C(C)=CC(=O)[C@H](O)[C@@]5(C)[C@H]23)OC(=O)[C@@H](O)[C@]14O. The molecule has 29 heavy (non-hydrogen) atoms. The molecule has 0 amide bonds. The lowest BCUT2D eigenvalue weighted by Gasteiger charge is -2.69. The van der Waals surface area contributed by atoms with Gasteiger partial charge in [-0.2, -0.15) is 0 Å². The molecule has 3 aliphatic carbocycles. The summed E-state index contributed by atoms with van der Waals surface area (Å²) in [4.78, 5) is 25.0. The molecule has 2 heterocycles. The first kappa shape index (κ1) is 19.3. The van der Waals surface area contributed by atoms with Crippen LogP contribution in [0.15, 0.2) is 23.8 Å². The van der Waals surface area contributed by atoms with E-state index in [0.29, 0.717) is 5.57 Å². The Hall–Kier alpha value is -1.62. The van der Waals surface area contributed by atoms with Crippen LogP contribution in [0.1, 0.15) is 20.3 Å². The zero-order valence-corrected chi connectivity index (χ0v) is 16.0. The lowest BCUT2D eigenvalue weighted by atomic mass is 9.37. The van der Waals surface area contributed by atoms with Gasteiger partial charge in [0.15, 0.2) is 11.9 Å². The summed E-state index contributed by atoms with van der Waals surface area (Å²) >= 11 is 0. The Bertz CT molecular complexity index is 896. The smallest absolute Gasteiger partial charge is 0.338 e. The molecule has 2 bridgehead atoms. The third-order valence-corrected chi connectivity index (χ3v) is 8.44. The Morgan fingerprint density at radius 1 is 1.14 bits per heavy atom. The fourth-order valence-corrected chi connectivity index (χ4v) is 7.19. The topological polar surface area (TPSA) is 154 Å². The van der Waals surface area contributed by atoms with Crippen molar-refractivity contribution < 1.29 is 44.6 Å². The van der Waals surface area contributed by atoms with Gasteiger partial charge in [0.25, 0.3) is 0 Å². The molecule has 5 N–H and O–H groups in total. The van der Waals surface area contributed by atoms with Crippen LogP contribution < -0.4 is 0 Å². The van der Waals surface area contributed by atoms with Crippen molar-refractivity contribution in [1.29, 1.82) is 0 Å². The molecule has 5 rings (SSSR count). The second kappa shape index (κ2) is 5.16. The number of fused-ring (bicyclic) bond motifs is 1. The highest BCUT2D eigenvalue weighted by Gasteiger charge is 2.87. The molecule has 4 fully saturated rings. The summed E-state index contributed by atoms with van der Waals surface area (Å²) in [5, 5.41) is 55.7. The average Bonchev–Trinajstić information content (AvgIpc) is 2.98. The summed E-state index contributed by atoms with van der Waals surface area (Å²) in [6, 6.07) is 0. The molecule has 158 valence electrons. The van der Waals surface area contributed by atoms with Crippen molar-refractivity contribution in [3.8, 4) is 0 Å². The normalized spacial score (nSPS) is 58.3. The molecule has 10 atom stereocenters. The van der Waals surface area contributed by atoms with E-state index in [-0.39, 0.29) is 18.6 Å². The van der Waals surface area contributed by atoms with Crippen LogP contribution in [0.4, 0.5) is 0 Å². The fraction of sp³-hybridized carbons (Fsp3) is 0.700. The highest BCUT2D eigenvalue weighted by molar-refractivity contribution is 5.96. The van der Waals surface area contributed by atoms with Crippen LogP contribution in [0, 0.1) is 22.7 Å². The molecule has 9 heteroatoms. The monoisotopic (exact) mass is 408 g/mol. The van der Waals surface area contributed by atoms with E-state index in [1.54, 1.807) is 13.8 Å². The minimum Gasteiger partial charge on any atom is -0.460 e. The van der Waals surface area contributed by atoms with Gasteiger partial charge < -0.3 is 35.0 Å². The molecule has 0 aromatic rings. The van der Waals surface area contributed by atoms with Crippen molar-refractivity contribution in [3.63, 3.8) is 0 Å². The van der Waals surface area contributed by atoms with E-state index in [0.717, 1.165) is 0 Å². The maximum Gasteiger partial charge on any atom is 0.338 e. The van der Waals surface area contributed by atoms with Gasteiger partial charge in [-0.25, -0.2) is 4.79 Å². The maximum atomic E-state index is 12.5. The molecule has 1 spiro atoms. The standard InChI is InChI=1S/C20H24O9/c1-7-4-10(21)13(23)17(3)9(7)5-11-18-6-28-20(27,16(17)18)12(22)8(2)19(18,26)14(24)15(25)29-11/h4,9,11-14,16,22-24,26-27H,2,5-6H2,1,3H3/t9-,11+,12+,13+,14-,16+,17+,18+,19-,20-/m1/s1. The van der Waals surface area contributed by atoms with Crippen LogP contribution in [-0.4, -0.2) is 79.7 Å². The van der Waals surface area contributed by atoms with E-state index in [1.165, 1.54) is 6.08 Å². The number of hydrogen-bond donors (Lipinski definition) is 5. The second-order valence-corrected chi connectivity index (χ2v) is 9.38. The summed E-state index contributed by atoms with van der Waals surface area (Å²) < 4.78 is 11.1. The molecular weight excluding hydrogens is 384 g/mol. The lowest BCUT2D eigenvalue weighted by molar-refractivity contribution is -0.337. The fourth-order valence-electron chi connectivity index (χ4n) is 7.19. The Kier molecular flexibility index (Phi) is 3.44. The Labute approximate surface area is 166 Å². The van der Waals surface area contributed by atoms with Gasteiger partial charge >= 0.3 is 5.97 Å². The lowest BCUT2D eigenvalue weighted by Crippen LogP contribution is -2.82. The summed E-state index contributed by atoms with van der Waals surface area (Å²) in [5.74, 6) is -5.66. The summed E-state index contributed by atoms with van der Waals surface area (Å²) in [7, 11) is 0. The first-order valence-corrected chi connectivity index (χ1v) is 9.63. The van der Waals surface area contributed by atoms with Gasteiger partial charge in [-0.15, -0.1) is 0 Å². The van der Waals surface area contributed by atoms with Crippen molar-refractivity contribution >= 4 is 11.8 Å². The number of aliphatic hydroxyl groups excluding tert-OH is 3.